The average molecular weight is 1680 g/mol. The van der Waals surface area contributed by atoms with Crippen LogP contribution in [0.15, 0.2) is 413 Å². The molecule has 14 heteroatoms. The minimum atomic E-state index is 0.640. The van der Waals surface area contributed by atoms with E-state index >= 15 is 0 Å². The van der Waals surface area contributed by atoms with E-state index in [4.69, 9.17) is 34.9 Å². The molecule has 0 spiro atoms. The molecule has 132 heavy (non-hydrogen) atoms. The lowest BCUT2D eigenvalue weighted by Crippen LogP contribution is -2.00. The number of nitrogens with zero attached hydrogens (tertiary/aromatic N) is 14. The van der Waals surface area contributed by atoms with Gasteiger partial charge in [-0.05, 0) is 131 Å². The second-order valence-corrected chi connectivity index (χ2v) is 34.4. The molecule has 0 bridgehead atoms. The fraction of sp³-hybridized carbons (Fsp3) is 0. The average Bonchev–Trinajstić information content (AvgIpc) is 1.54. The van der Waals surface area contributed by atoms with Crippen LogP contribution in [-0.2, 0) is 0 Å². The first-order valence-electron chi connectivity index (χ1n) is 44.6. The number of rotatable bonds is 4. The molecule has 14 nitrogen and oxygen atoms in total. The van der Waals surface area contributed by atoms with Crippen molar-refractivity contribution in [3.8, 4) is 45.3 Å². The third-order valence-corrected chi connectivity index (χ3v) is 27.5. The van der Waals surface area contributed by atoms with E-state index in [0.29, 0.717) is 17.5 Å². The SMILES string of the molecule is c1ccc(-c2nc(-c3ccccc3)nc(-c3ccc(-c4ccc5c(c4)c4ccccc4n4c6ccccc6c6c7ccccc7c7c8ccccc8n5c7c64)cc3)n2)cc1.c1ccc2nc3c4ncccc4n4c5ccccc5c5ccc6c7ccccc7n(c3cc2c1)c6c54.c1cnc2nc3c4ncccc4n4c5ccccc5c5ccc6c7ccccc7n(c3cc2c1)c6c54. The van der Waals surface area contributed by atoms with Crippen LogP contribution in [-0.4, -0.2) is 66.3 Å². The first kappa shape index (κ1) is 72.1. The highest BCUT2D eigenvalue weighted by atomic mass is 15.0. The van der Waals surface area contributed by atoms with Crippen molar-refractivity contribution in [2.45, 2.75) is 0 Å². The second kappa shape index (κ2) is 27.7. The minimum Gasteiger partial charge on any atom is -0.307 e. The van der Waals surface area contributed by atoms with Gasteiger partial charge in [-0.2, -0.15) is 0 Å². The van der Waals surface area contributed by atoms with E-state index in [1.54, 1.807) is 6.20 Å². The molecule has 0 fully saturated rings. The van der Waals surface area contributed by atoms with Crippen molar-refractivity contribution in [3.05, 3.63) is 413 Å². The van der Waals surface area contributed by atoms with Crippen LogP contribution >= 0.6 is 0 Å². The van der Waals surface area contributed by atoms with Gasteiger partial charge in [-0.25, -0.2) is 29.9 Å². The Balaban J connectivity index is 0.000000102. The molecule has 0 N–H and O–H groups in total. The van der Waals surface area contributed by atoms with E-state index in [1.807, 2.05) is 97.3 Å². The number of hydrogen-bond donors (Lipinski definition) is 0. The second-order valence-electron chi connectivity index (χ2n) is 34.4. The molecule has 0 saturated heterocycles. The normalized spacial score (nSPS) is 12.2. The summed E-state index contributed by atoms with van der Waals surface area (Å²) in [5, 5.41) is 22.0. The molecule has 0 radical (unpaired) electrons. The number of pyridine rings is 5. The van der Waals surface area contributed by atoms with Crippen molar-refractivity contribution in [2.75, 3.05) is 0 Å². The van der Waals surface area contributed by atoms with Crippen LogP contribution in [0.5, 0.6) is 0 Å². The molecule has 16 aromatic carbocycles. The first-order valence-corrected chi connectivity index (χ1v) is 44.6. The maximum absolute atomic E-state index is 5.24. The van der Waals surface area contributed by atoms with Gasteiger partial charge in [0, 0.05) is 121 Å². The highest BCUT2D eigenvalue weighted by Gasteiger charge is 2.28. The fourth-order valence-corrected chi connectivity index (χ4v) is 22.0. The Morgan fingerprint density at radius 3 is 0.932 bits per heavy atom. The summed E-state index contributed by atoms with van der Waals surface area (Å²) >= 11 is 0. The molecule has 0 aliphatic heterocycles. The van der Waals surface area contributed by atoms with Crippen molar-refractivity contribution in [3.63, 3.8) is 0 Å². The molecule has 0 aliphatic rings. The predicted molar refractivity (Wildman–Crippen MR) is 544 cm³/mol. The summed E-state index contributed by atoms with van der Waals surface area (Å²) in [5.74, 6) is 1.94. The topological polar surface area (TPSA) is 130 Å². The highest BCUT2D eigenvalue weighted by molar-refractivity contribution is 6.38. The molecule has 31 rings (SSSR count). The van der Waals surface area contributed by atoms with E-state index < -0.39 is 0 Å². The predicted octanol–water partition coefficient (Wildman–Crippen LogP) is 29.2. The van der Waals surface area contributed by atoms with Gasteiger partial charge in [0.05, 0.1) is 105 Å². The lowest BCUT2D eigenvalue weighted by Gasteiger charge is -2.13. The zero-order valence-corrected chi connectivity index (χ0v) is 70.5. The standard InChI is InChI=1S/C55H33N5.C32H18N4.C31H17N5/c1-3-15-35(16-4-1)53-56-54(36-17-5-2-6-18-36)58-55(57-53)37-29-27-34(28-30-37)38-31-32-48-44(33-38)39-19-9-12-24-45(39)59-46-25-13-10-22-42(46)49-40-20-7-8-21-41(40)50-43-23-11-14-26-47(43)60(48)52(50)51(49)59;1-4-11-24-19(8-1)18-28-30(34-24)29-27(14-7-17-33-29)35-25-12-5-2-9-20(25)22-15-16-23-21-10-3-6-13-26(21)36(28)32(23)31(22)35;1-3-10-23-19(8-1)21-13-14-22-20-9-2-4-11-24(20)36-26-17-18-7-5-16-33-31(18)34-28(26)27-25(12-6-15-32-27)35(23)29(21)30(22)36/h1-33H;1-18H;1-17H. The van der Waals surface area contributed by atoms with Gasteiger partial charge in [-0.1, -0.05) is 285 Å². The number of aromatic nitrogens is 14. The van der Waals surface area contributed by atoms with Crippen LogP contribution in [0.1, 0.15) is 0 Å². The summed E-state index contributed by atoms with van der Waals surface area (Å²) in [5.41, 5.74) is 31.1. The molecule has 610 valence electrons. The van der Waals surface area contributed by atoms with Crippen molar-refractivity contribution >= 4 is 229 Å². The molecule has 31 aromatic rings. The van der Waals surface area contributed by atoms with E-state index in [-0.39, 0.29) is 0 Å². The zero-order chi connectivity index (χ0) is 86.1. The smallest absolute Gasteiger partial charge is 0.164 e. The van der Waals surface area contributed by atoms with Crippen molar-refractivity contribution in [1.29, 1.82) is 0 Å². The monoisotopic (exact) mass is 1680 g/mol. The van der Waals surface area contributed by atoms with Gasteiger partial charge in [-0.15, -0.1) is 0 Å². The van der Waals surface area contributed by atoms with Crippen molar-refractivity contribution in [2.24, 2.45) is 0 Å². The summed E-state index contributed by atoms with van der Waals surface area (Å²) < 4.78 is 14.6. The number of para-hydroxylation sites is 8. The zero-order valence-electron chi connectivity index (χ0n) is 70.5. The highest BCUT2D eigenvalue weighted by Crippen LogP contribution is 2.50. The summed E-state index contributed by atoms with van der Waals surface area (Å²) in [6.45, 7) is 0. The van der Waals surface area contributed by atoms with Gasteiger partial charge in [0.1, 0.15) is 22.1 Å². The third-order valence-electron chi connectivity index (χ3n) is 27.5. The first-order chi connectivity index (χ1) is 65.5. The van der Waals surface area contributed by atoms with Crippen LogP contribution in [0.4, 0.5) is 0 Å². The molecule has 0 atom stereocenters. The Morgan fingerprint density at radius 2 is 0.470 bits per heavy atom. The maximum Gasteiger partial charge on any atom is 0.164 e. The minimum absolute atomic E-state index is 0.640. The van der Waals surface area contributed by atoms with Gasteiger partial charge in [0.25, 0.3) is 0 Å². The van der Waals surface area contributed by atoms with Crippen LogP contribution in [0, 0.1) is 0 Å². The molecular weight excluding hydrogens is 1610 g/mol. The van der Waals surface area contributed by atoms with Gasteiger partial charge in [-0.3, -0.25) is 9.97 Å². The van der Waals surface area contributed by atoms with Crippen LogP contribution in [0.3, 0.4) is 0 Å². The maximum atomic E-state index is 5.24. The molecule has 0 saturated carbocycles. The lowest BCUT2D eigenvalue weighted by atomic mass is 9.98. The summed E-state index contributed by atoms with van der Waals surface area (Å²) in [6.07, 6.45) is 5.53. The summed E-state index contributed by atoms with van der Waals surface area (Å²) in [7, 11) is 0. The van der Waals surface area contributed by atoms with E-state index in [0.717, 1.165) is 110 Å². The molecule has 15 heterocycles. The van der Waals surface area contributed by atoms with Gasteiger partial charge in [0.2, 0.25) is 0 Å². The Morgan fingerprint density at radius 1 is 0.159 bits per heavy atom. The number of fused-ring (bicyclic) bond motifs is 38. The fourth-order valence-electron chi connectivity index (χ4n) is 22.0. The van der Waals surface area contributed by atoms with E-state index in [9.17, 15) is 0 Å². The number of benzene rings is 16. The van der Waals surface area contributed by atoms with Gasteiger partial charge >= 0.3 is 0 Å². The van der Waals surface area contributed by atoms with Crippen LogP contribution < -0.4 is 0 Å². The van der Waals surface area contributed by atoms with Crippen molar-refractivity contribution in [1.82, 2.24) is 66.3 Å². The van der Waals surface area contributed by atoms with Crippen LogP contribution in [0.25, 0.3) is 275 Å². The van der Waals surface area contributed by atoms with Crippen LogP contribution in [0.2, 0.25) is 0 Å². The van der Waals surface area contributed by atoms with E-state index in [2.05, 4.69) is 341 Å². The summed E-state index contributed by atoms with van der Waals surface area (Å²) in [6, 6.07) is 141. The van der Waals surface area contributed by atoms with Gasteiger partial charge < -0.3 is 26.4 Å². The summed E-state index contributed by atoms with van der Waals surface area (Å²) in [4.78, 5) is 39.7. The Hall–Kier alpha value is -18.1. The van der Waals surface area contributed by atoms with Crippen molar-refractivity contribution < 1.29 is 0 Å². The lowest BCUT2D eigenvalue weighted by molar-refractivity contribution is 1.07. The molecule has 0 amide bonds. The molecular formula is C118H68N14. The molecule has 0 aliphatic carbocycles. The Bertz CT molecular complexity index is 10100. The third kappa shape index (κ3) is 10.2. The molecule has 0 unspecified atom stereocenters. The number of hydrogen-bond acceptors (Lipinski definition) is 8. The quantitative estimate of drug-likeness (QED) is 0.170. The van der Waals surface area contributed by atoms with E-state index in [1.165, 1.54) is 147 Å². The van der Waals surface area contributed by atoms with Gasteiger partial charge in [0.15, 0.2) is 23.1 Å². The Labute approximate surface area is 749 Å². The Kier molecular flexibility index (Phi) is 15.1. The largest absolute Gasteiger partial charge is 0.307 e. The molecule has 15 aromatic heterocycles.